The van der Waals surface area contributed by atoms with Crippen molar-refractivity contribution < 1.29 is 14.3 Å². The SMILES string of the molecule is CCOc1cc([C@H]2C(C#N)=C(N)N(C)C3=C2C(=O)CCC3)ccc1OCc1ccc2ccccc2c1. The predicted molar refractivity (Wildman–Crippen MR) is 139 cm³/mol. The lowest BCUT2D eigenvalue weighted by Crippen LogP contribution is -2.36. The minimum Gasteiger partial charge on any atom is -0.490 e. The Balaban J connectivity index is 1.49. The van der Waals surface area contributed by atoms with Crippen molar-refractivity contribution in [2.45, 2.75) is 38.7 Å². The van der Waals surface area contributed by atoms with Crippen molar-refractivity contribution in [2.24, 2.45) is 5.73 Å². The van der Waals surface area contributed by atoms with Crippen molar-refractivity contribution >= 4 is 16.6 Å². The third-order valence-electron chi connectivity index (χ3n) is 6.98. The lowest BCUT2D eigenvalue weighted by Gasteiger charge is -2.37. The van der Waals surface area contributed by atoms with Crippen LogP contribution in [0.3, 0.4) is 0 Å². The van der Waals surface area contributed by atoms with Gasteiger partial charge in [0.15, 0.2) is 17.3 Å². The normalized spacial score (nSPS) is 17.8. The molecule has 0 bridgehead atoms. The molecule has 0 spiro atoms. The number of carbonyl (C=O) groups excluding carboxylic acids is 1. The standard InChI is InChI=1S/C30H29N3O3/c1-3-35-27-16-22(28-23(17-31)30(32)33(2)24-9-6-10-25(34)29(24)28)13-14-26(27)36-18-19-11-12-20-7-4-5-8-21(20)15-19/h4-5,7-8,11-16,28H,3,6,9-10,18,32H2,1-2H3/t28-/m0/s1. The topological polar surface area (TPSA) is 88.6 Å². The van der Waals surface area contributed by atoms with Gasteiger partial charge in [0.05, 0.1) is 24.2 Å². The van der Waals surface area contributed by atoms with Crippen LogP contribution >= 0.6 is 0 Å². The van der Waals surface area contributed by atoms with E-state index in [0.29, 0.717) is 48.1 Å². The van der Waals surface area contributed by atoms with Crippen LogP contribution in [-0.4, -0.2) is 24.3 Å². The van der Waals surface area contributed by atoms with Gasteiger partial charge in [-0.25, -0.2) is 0 Å². The smallest absolute Gasteiger partial charge is 0.161 e. The van der Waals surface area contributed by atoms with Crippen LogP contribution in [0.25, 0.3) is 10.8 Å². The second kappa shape index (κ2) is 9.79. The van der Waals surface area contributed by atoms with E-state index in [1.54, 1.807) is 4.90 Å². The number of hydrogen-bond donors (Lipinski definition) is 1. The Morgan fingerprint density at radius 2 is 1.83 bits per heavy atom. The van der Waals surface area contributed by atoms with Gasteiger partial charge in [0.1, 0.15) is 12.4 Å². The summed E-state index contributed by atoms with van der Waals surface area (Å²) in [5.74, 6) is 1.15. The third kappa shape index (κ3) is 4.18. The molecule has 0 saturated heterocycles. The number of ether oxygens (including phenoxy) is 2. The van der Waals surface area contributed by atoms with E-state index in [1.807, 2.05) is 44.3 Å². The molecule has 5 rings (SSSR count). The van der Waals surface area contributed by atoms with Crippen molar-refractivity contribution in [3.8, 4) is 17.6 Å². The van der Waals surface area contributed by atoms with Gasteiger partial charge in [0, 0.05) is 24.7 Å². The molecule has 6 nitrogen and oxygen atoms in total. The molecule has 1 heterocycles. The molecule has 0 amide bonds. The first-order valence-corrected chi connectivity index (χ1v) is 12.3. The van der Waals surface area contributed by atoms with Gasteiger partial charge in [0.2, 0.25) is 0 Å². The second-order valence-electron chi connectivity index (χ2n) is 9.15. The number of benzene rings is 3. The summed E-state index contributed by atoms with van der Waals surface area (Å²) in [7, 11) is 1.83. The molecular formula is C30H29N3O3. The minimum atomic E-state index is -0.511. The number of rotatable bonds is 6. The van der Waals surface area contributed by atoms with E-state index in [9.17, 15) is 10.1 Å². The fourth-order valence-electron chi connectivity index (χ4n) is 5.18. The molecule has 0 saturated carbocycles. The van der Waals surface area contributed by atoms with Crippen LogP contribution in [0.5, 0.6) is 11.5 Å². The highest BCUT2D eigenvalue weighted by atomic mass is 16.5. The van der Waals surface area contributed by atoms with Crippen molar-refractivity contribution in [3.05, 3.63) is 94.5 Å². The van der Waals surface area contributed by atoms with Gasteiger partial charge in [-0.3, -0.25) is 4.79 Å². The Labute approximate surface area is 211 Å². The van der Waals surface area contributed by atoms with Crippen molar-refractivity contribution in [2.75, 3.05) is 13.7 Å². The summed E-state index contributed by atoms with van der Waals surface area (Å²) in [6, 6.07) is 22.4. The maximum Gasteiger partial charge on any atom is 0.161 e. The van der Waals surface area contributed by atoms with Gasteiger partial charge in [0.25, 0.3) is 0 Å². The summed E-state index contributed by atoms with van der Waals surface area (Å²) in [6.07, 6.45) is 2.03. The number of nitrogens with two attached hydrogens (primary N) is 1. The third-order valence-corrected chi connectivity index (χ3v) is 6.98. The average Bonchev–Trinajstić information content (AvgIpc) is 2.90. The number of carbonyl (C=O) groups is 1. The maximum atomic E-state index is 13.0. The minimum absolute atomic E-state index is 0.0722. The molecule has 0 radical (unpaired) electrons. The van der Waals surface area contributed by atoms with Crippen molar-refractivity contribution in [1.29, 1.82) is 5.26 Å². The number of fused-ring (bicyclic) bond motifs is 1. The molecule has 2 aliphatic rings. The van der Waals surface area contributed by atoms with E-state index in [4.69, 9.17) is 15.2 Å². The number of Topliss-reactive ketones (excluding diaryl/α,β-unsaturated/α-hetero) is 1. The van der Waals surface area contributed by atoms with Gasteiger partial charge in [-0.1, -0.05) is 42.5 Å². The molecule has 0 fully saturated rings. The van der Waals surface area contributed by atoms with Crippen molar-refractivity contribution in [3.63, 3.8) is 0 Å². The summed E-state index contributed by atoms with van der Waals surface area (Å²) >= 11 is 0. The van der Waals surface area contributed by atoms with Crippen LogP contribution in [-0.2, 0) is 11.4 Å². The highest BCUT2D eigenvalue weighted by molar-refractivity contribution is 5.99. The van der Waals surface area contributed by atoms with Gasteiger partial charge < -0.3 is 20.1 Å². The second-order valence-corrected chi connectivity index (χ2v) is 9.15. The van der Waals surface area contributed by atoms with Gasteiger partial charge in [-0.2, -0.15) is 5.26 Å². The monoisotopic (exact) mass is 479 g/mol. The van der Waals surface area contributed by atoms with Gasteiger partial charge >= 0.3 is 0 Å². The molecule has 1 aliphatic carbocycles. The number of allylic oxidation sites excluding steroid dienone is 3. The summed E-state index contributed by atoms with van der Waals surface area (Å²) in [5.41, 5.74) is 10.2. The Morgan fingerprint density at radius 3 is 2.61 bits per heavy atom. The van der Waals surface area contributed by atoms with Gasteiger partial charge in [-0.05, 0) is 59.9 Å². The fourth-order valence-corrected chi connectivity index (χ4v) is 5.18. The molecule has 182 valence electrons. The van der Waals surface area contributed by atoms with Crippen LogP contribution < -0.4 is 15.2 Å². The van der Waals surface area contributed by atoms with Crippen LogP contribution in [0, 0.1) is 11.3 Å². The van der Waals surface area contributed by atoms with Crippen LogP contribution in [0.1, 0.15) is 43.2 Å². The summed E-state index contributed by atoms with van der Waals surface area (Å²) in [5, 5.41) is 12.3. The van der Waals surface area contributed by atoms with Crippen LogP contribution in [0.4, 0.5) is 0 Å². The van der Waals surface area contributed by atoms with E-state index >= 15 is 0 Å². The summed E-state index contributed by atoms with van der Waals surface area (Å²) in [6.45, 7) is 2.76. The summed E-state index contributed by atoms with van der Waals surface area (Å²) in [4.78, 5) is 14.8. The molecule has 6 heteroatoms. The highest BCUT2D eigenvalue weighted by Crippen LogP contribution is 2.45. The molecule has 1 aliphatic heterocycles. The quantitative estimate of drug-likeness (QED) is 0.499. The molecule has 36 heavy (non-hydrogen) atoms. The lowest BCUT2D eigenvalue weighted by atomic mass is 9.76. The Morgan fingerprint density at radius 1 is 1.03 bits per heavy atom. The molecule has 1 atom stereocenters. The molecule has 0 aromatic heterocycles. The Hall–Kier alpha value is -4.24. The number of ketones is 1. The van der Waals surface area contributed by atoms with E-state index < -0.39 is 5.92 Å². The first-order valence-electron chi connectivity index (χ1n) is 12.3. The molecule has 2 N–H and O–H groups in total. The molecule has 0 unspecified atom stereocenters. The largest absolute Gasteiger partial charge is 0.490 e. The van der Waals surface area contributed by atoms with Crippen LogP contribution in [0.2, 0.25) is 0 Å². The lowest BCUT2D eigenvalue weighted by molar-refractivity contribution is -0.116. The zero-order chi connectivity index (χ0) is 25.2. The average molecular weight is 480 g/mol. The zero-order valence-electron chi connectivity index (χ0n) is 20.6. The molecule has 3 aromatic rings. The Bertz CT molecular complexity index is 1450. The first kappa shape index (κ1) is 23.5. The molecular weight excluding hydrogens is 450 g/mol. The van der Waals surface area contributed by atoms with E-state index in [1.165, 1.54) is 5.39 Å². The maximum absolute atomic E-state index is 13.0. The highest BCUT2D eigenvalue weighted by Gasteiger charge is 2.38. The number of nitrogens with zero attached hydrogens (tertiary/aromatic N) is 2. The van der Waals surface area contributed by atoms with E-state index in [0.717, 1.165) is 35.1 Å². The van der Waals surface area contributed by atoms with E-state index in [-0.39, 0.29) is 5.78 Å². The number of hydrogen-bond acceptors (Lipinski definition) is 6. The van der Waals surface area contributed by atoms with Crippen LogP contribution in [0.15, 0.2) is 83.3 Å². The van der Waals surface area contributed by atoms with Gasteiger partial charge in [-0.15, -0.1) is 0 Å². The molecule has 3 aromatic carbocycles. The first-order chi connectivity index (χ1) is 17.5. The predicted octanol–water partition coefficient (Wildman–Crippen LogP) is 5.55. The van der Waals surface area contributed by atoms with E-state index in [2.05, 4.69) is 36.4 Å². The zero-order valence-corrected chi connectivity index (χ0v) is 20.6. The fraction of sp³-hybridized carbons (Fsp3) is 0.267. The summed E-state index contributed by atoms with van der Waals surface area (Å²) < 4.78 is 12.1. The Kier molecular flexibility index (Phi) is 6.39. The van der Waals surface area contributed by atoms with Crippen molar-refractivity contribution in [1.82, 2.24) is 4.90 Å². The number of nitriles is 1.